The van der Waals surface area contributed by atoms with Gasteiger partial charge in [-0.1, -0.05) is 48.5 Å². The molecule has 0 saturated heterocycles. The maximum absolute atomic E-state index is 11.7. The van der Waals surface area contributed by atoms with E-state index in [4.69, 9.17) is 4.74 Å². The third-order valence-electron chi connectivity index (χ3n) is 4.31. The van der Waals surface area contributed by atoms with Gasteiger partial charge in [0.25, 0.3) is 0 Å². The smallest absolute Gasteiger partial charge is 0.345 e. The molecule has 0 bridgehead atoms. The number of aryl methyl sites for hydroxylation is 2. The molecule has 3 rings (SSSR count). The van der Waals surface area contributed by atoms with E-state index in [1.807, 2.05) is 74.5 Å². The van der Waals surface area contributed by atoms with Gasteiger partial charge in [-0.3, -0.25) is 0 Å². The second-order valence-corrected chi connectivity index (χ2v) is 6.03. The average molecular weight is 320 g/mol. The Kier molecular flexibility index (Phi) is 4.52. The molecule has 3 nitrogen and oxygen atoms in total. The molecule has 0 aliphatic carbocycles. The van der Waals surface area contributed by atoms with E-state index >= 15 is 0 Å². The summed E-state index contributed by atoms with van der Waals surface area (Å²) in [6, 6.07) is 19.6. The number of ether oxygens (including phenoxy) is 1. The molecular weight excluding hydrogens is 300 g/mol. The van der Waals surface area contributed by atoms with Gasteiger partial charge < -0.3 is 9.84 Å². The standard InChI is InChI=1S/C21H20O3/c1-14-6-5-7-15(2)19(14)13-20(21(22)23)24-18-11-10-16-8-3-4-9-17(16)12-18/h3-12,20H,13H2,1-2H3,(H,22,23)/t20-/m0/s1. The van der Waals surface area contributed by atoms with Gasteiger partial charge in [-0.2, -0.15) is 0 Å². The van der Waals surface area contributed by atoms with Crippen molar-refractivity contribution in [2.45, 2.75) is 26.4 Å². The van der Waals surface area contributed by atoms with Gasteiger partial charge in [-0.15, -0.1) is 0 Å². The lowest BCUT2D eigenvalue weighted by molar-refractivity contribution is -0.145. The van der Waals surface area contributed by atoms with E-state index < -0.39 is 12.1 Å². The SMILES string of the molecule is Cc1cccc(C)c1C[C@H](Oc1ccc2ccccc2c1)C(=O)O. The van der Waals surface area contributed by atoms with Crippen LogP contribution in [0.3, 0.4) is 0 Å². The second kappa shape index (κ2) is 6.75. The first kappa shape index (κ1) is 16.1. The largest absolute Gasteiger partial charge is 0.478 e. The minimum atomic E-state index is -0.953. The maximum atomic E-state index is 11.7. The molecule has 3 heteroatoms. The molecule has 0 saturated carbocycles. The summed E-state index contributed by atoms with van der Waals surface area (Å²) in [5.41, 5.74) is 3.21. The highest BCUT2D eigenvalue weighted by molar-refractivity contribution is 5.84. The molecule has 3 aromatic carbocycles. The first-order chi connectivity index (χ1) is 11.5. The van der Waals surface area contributed by atoms with Gasteiger partial charge >= 0.3 is 5.97 Å². The summed E-state index contributed by atoms with van der Waals surface area (Å²) in [5.74, 6) is -0.377. The number of carboxylic acids is 1. The molecule has 0 fully saturated rings. The number of fused-ring (bicyclic) bond motifs is 1. The number of carboxylic acid groups (broad SMARTS) is 1. The molecule has 24 heavy (non-hydrogen) atoms. The van der Waals surface area contributed by atoms with Gasteiger partial charge in [0.15, 0.2) is 6.10 Å². The second-order valence-electron chi connectivity index (χ2n) is 6.03. The van der Waals surface area contributed by atoms with Crippen molar-refractivity contribution in [1.29, 1.82) is 0 Å². The van der Waals surface area contributed by atoms with Gasteiger partial charge in [0.05, 0.1) is 0 Å². The summed E-state index contributed by atoms with van der Waals surface area (Å²) in [4.78, 5) is 11.7. The normalized spacial score (nSPS) is 12.1. The Hall–Kier alpha value is -2.81. The Bertz CT molecular complexity index is 863. The van der Waals surface area contributed by atoms with Crippen molar-refractivity contribution in [2.75, 3.05) is 0 Å². The lowest BCUT2D eigenvalue weighted by Gasteiger charge is -2.18. The number of carbonyl (C=O) groups is 1. The lowest BCUT2D eigenvalue weighted by atomic mass is 9.97. The Morgan fingerprint density at radius 3 is 2.29 bits per heavy atom. The summed E-state index contributed by atoms with van der Waals surface area (Å²) in [7, 11) is 0. The Morgan fingerprint density at radius 1 is 0.958 bits per heavy atom. The van der Waals surface area contributed by atoms with Crippen molar-refractivity contribution in [3.63, 3.8) is 0 Å². The third-order valence-corrected chi connectivity index (χ3v) is 4.31. The zero-order valence-electron chi connectivity index (χ0n) is 13.8. The first-order valence-electron chi connectivity index (χ1n) is 7.98. The number of aliphatic carboxylic acids is 1. The topological polar surface area (TPSA) is 46.5 Å². The molecule has 0 aliphatic rings. The monoisotopic (exact) mass is 320 g/mol. The summed E-state index contributed by atoms with van der Waals surface area (Å²) in [6.07, 6.45) is -0.563. The van der Waals surface area contributed by atoms with Crippen LogP contribution in [0.2, 0.25) is 0 Å². The molecule has 0 unspecified atom stereocenters. The maximum Gasteiger partial charge on any atom is 0.345 e. The summed E-state index contributed by atoms with van der Waals surface area (Å²) in [5, 5.41) is 11.7. The average Bonchev–Trinajstić information content (AvgIpc) is 2.57. The van der Waals surface area contributed by atoms with Crippen LogP contribution in [0.25, 0.3) is 10.8 Å². The van der Waals surface area contributed by atoms with Crippen LogP contribution < -0.4 is 4.74 Å². The summed E-state index contributed by atoms with van der Waals surface area (Å²) >= 11 is 0. The van der Waals surface area contributed by atoms with E-state index in [0.717, 1.165) is 27.5 Å². The Morgan fingerprint density at radius 2 is 1.62 bits per heavy atom. The molecule has 0 spiro atoms. The van der Waals surface area contributed by atoms with Crippen LogP contribution in [-0.4, -0.2) is 17.2 Å². The quantitative estimate of drug-likeness (QED) is 0.751. The van der Waals surface area contributed by atoms with Crippen molar-refractivity contribution in [3.8, 4) is 5.75 Å². The highest BCUT2D eigenvalue weighted by Gasteiger charge is 2.22. The van der Waals surface area contributed by atoms with Crippen molar-refractivity contribution in [3.05, 3.63) is 77.4 Å². The van der Waals surface area contributed by atoms with Crippen LogP contribution >= 0.6 is 0 Å². The highest BCUT2D eigenvalue weighted by atomic mass is 16.5. The Labute approximate surface area is 141 Å². The molecule has 0 radical (unpaired) electrons. The molecule has 1 N–H and O–H groups in total. The minimum Gasteiger partial charge on any atom is -0.478 e. The zero-order valence-corrected chi connectivity index (χ0v) is 13.8. The fourth-order valence-electron chi connectivity index (χ4n) is 2.94. The molecular formula is C21H20O3. The highest BCUT2D eigenvalue weighted by Crippen LogP contribution is 2.23. The molecule has 0 amide bonds. The number of hydrogen-bond donors (Lipinski definition) is 1. The van der Waals surface area contributed by atoms with E-state index in [9.17, 15) is 9.90 Å². The van der Waals surface area contributed by atoms with Gasteiger partial charge in [0.2, 0.25) is 0 Å². The van der Waals surface area contributed by atoms with Crippen molar-refractivity contribution >= 4 is 16.7 Å². The van der Waals surface area contributed by atoms with E-state index in [2.05, 4.69) is 0 Å². The van der Waals surface area contributed by atoms with E-state index in [1.54, 1.807) is 0 Å². The van der Waals surface area contributed by atoms with E-state index in [-0.39, 0.29) is 0 Å². The molecule has 0 aromatic heterocycles. The third kappa shape index (κ3) is 3.40. The van der Waals surface area contributed by atoms with Crippen LogP contribution in [0.1, 0.15) is 16.7 Å². The van der Waals surface area contributed by atoms with Crippen LogP contribution in [0.15, 0.2) is 60.7 Å². The minimum absolute atomic E-state index is 0.348. The van der Waals surface area contributed by atoms with Crippen LogP contribution in [0.4, 0.5) is 0 Å². The van der Waals surface area contributed by atoms with Gasteiger partial charge in [0.1, 0.15) is 5.75 Å². The van der Waals surface area contributed by atoms with Gasteiger partial charge in [-0.25, -0.2) is 4.79 Å². The predicted octanol–water partition coefficient (Wildman–Crippen LogP) is 4.53. The fraction of sp³-hybridized carbons (Fsp3) is 0.190. The molecule has 3 aromatic rings. The van der Waals surface area contributed by atoms with Crippen LogP contribution in [0.5, 0.6) is 5.75 Å². The van der Waals surface area contributed by atoms with E-state index in [1.165, 1.54) is 0 Å². The van der Waals surface area contributed by atoms with Crippen LogP contribution in [0, 0.1) is 13.8 Å². The van der Waals surface area contributed by atoms with Crippen molar-refractivity contribution in [1.82, 2.24) is 0 Å². The number of hydrogen-bond acceptors (Lipinski definition) is 2. The fourth-order valence-corrected chi connectivity index (χ4v) is 2.94. The molecule has 122 valence electrons. The predicted molar refractivity (Wildman–Crippen MR) is 95.6 cm³/mol. The lowest BCUT2D eigenvalue weighted by Crippen LogP contribution is -2.30. The number of benzene rings is 3. The summed E-state index contributed by atoms with van der Waals surface area (Å²) in [6.45, 7) is 3.99. The Balaban J connectivity index is 1.87. The molecule has 1 atom stereocenters. The number of rotatable bonds is 5. The first-order valence-corrected chi connectivity index (χ1v) is 7.98. The molecule has 0 aliphatic heterocycles. The van der Waals surface area contributed by atoms with Crippen molar-refractivity contribution < 1.29 is 14.6 Å². The van der Waals surface area contributed by atoms with Gasteiger partial charge in [-0.05, 0) is 53.4 Å². The van der Waals surface area contributed by atoms with Gasteiger partial charge in [0, 0.05) is 6.42 Å². The zero-order chi connectivity index (χ0) is 17.1. The van der Waals surface area contributed by atoms with Crippen LogP contribution in [-0.2, 0) is 11.2 Å². The summed E-state index contributed by atoms with van der Waals surface area (Å²) < 4.78 is 5.80. The molecule has 0 heterocycles. The van der Waals surface area contributed by atoms with Crippen molar-refractivity contribution in [2.24, 2.45) is 0 Å². The van der Waals surface area contributed by atoms with E-state index in [0.29, 0.717) is 12.2 Å².